The van der Waals surface area contributed by atoms with Crippen LogP contribution in [0.1, 0.15) is 0 Å². The van der Waals surface area contributed by atoms with E-state index in [2.05, 4.69) is 14.7 Å². The van der Waals surface area contributed by atoms with Crippen LogP contribution in [-0.4, -0.2) is 37.7 Å². The number of carbonyl (C=O) groups excluding carboxylic acids is 2. The molecule has 0 saturated heterocycles. The highest BCUT2D eigenvalue weighted by atomic mass is 19.3. The van der Waals surface area contributed by atoms with Crippen molar-refractivity contribution in [1.82, 2.24) is 0 Å². The number of nitrogens with zero attached hydrogens (tertiary/aromatic N) is 1. The molecule has 0 aromatic rings. The molecule has 0 aliphatic rings. The van der Waals surface area contributed by atoms with Crippen LogP contribution in [0.2, 0.25) is 0 Å². The summed E-state index contributed by atoms with van der Waals surface area (Å²) in [6, 6.07) is 0. The molecule has 0 rings (SSSR count). The number of hydrogen-bond donors (Lipinski definition) is 1. The quantitative estimate of drug-likeness (QED) is 0.280. The Morgan fingerprint density at radius 3 is 2.43 bits per heavy atom. The standard InChI is InChI=1S/C6H8F2N2O4/c1-13-6(12)4(5(9)11)10-14-2-3(7)8/h3H,2H2,1H3,(H2,9,11). The molecule has 0 aliphatic carbocycles. The Morgan fingerprint density at radius 1 is 1.50 bits per heavy atom. The Balaban J connectivity index is 4.35. The van der Waals surface area contributed by atoms with Crippen molar-refractivity contribution in [1.29, 1.82) is 0 Å². The largest absolute Gasteiger partial charge is 0.464 e. The number of primary amides is 1. The zero-order valence-electron chi connectivity index (χ0n) is 7.20. The second-order valence-corrected chi connectivity index (χ2v) is 1.98. The van der Waals surface area contributed by atoms with Crippen LogP contribution < -0.4 is 5.73 Å². The molecule has 0 heterocycles. The van der Waals surface area contributed by atoms with E-state index < -0.39 is 30.6 Å². The fourth-order valence-corrected chi connectivity index (χ4v) is 0.438. The molecule has 80 valence electrons. The first kappa shape index (κ1) is 12.3. The highest BCUT2D eigenvalue weighted by molar-refractivity contribution is 6.63. The van der Waals surface area contributed by atoms with E-state index in [0.717, 1.165) is 7.11 Å². The van der Waals surface area contributed by atoms with Crippen LogP contribution >= 0.6 is 0 Å². The van der Waals surface area contributed by atoms with Crippen molar-refractivity contribution in [2.75, 3.05) is 13.7 Å². The van der Waals surface area contributed by atoms with Crippen LogP contribution in [0.25, 0.3) is 0 Å². The molecule has 1 amide bonds. The van der Waals surface area contributed by atoms with Gasteiger partial charge in [-0.1, -0.05) is 5.16 Å². The number of ether oxygens (including phenoxy) is 1. The summed E-state index contributed by atoms with van der Waals surface area (Å²) in [5.74, 6) is -2.36. The minimum Gasteiger partial charge on any atom is -0.464 e. The van der Waals surface area contributed by atoms with E-state index in [1.165, 1.54) is 0 Å². The van der Waals surface area contributed by atoms with E-state index >= 15 is 0 Å². The summed E-state index contributed by atoms with van der Waals surface area (Å²) in [6.45, 7) is -1.03. The molecule has 0 atom stereocenters. The molecule has 0 aromatic carbocycles. The molecule has 0 fully saturated rings. The number of carbonyl (C=O) groups is 2. The normalized spacial score (nSPS) is 11.3. The summed E-state index contributed by atoms with van der Waals surface area (Å²) in [4.78, 5) is 25.2. The van der Waals surface area contributed by atoms with Crippen molar-refractivity contribution in [2.24, 2.45) is 10.9 Å². The van der Waals surface area contributed by atoms with Crippen molar-refractivity contribution in [3.63, 3.8) is 0 Å². The minimum atomic E-state index is -2.76. The van der Waals surface area contributed by atoms with Gasteiger partial charge in [-0.3, -0.25) is 4.79 Å². The van der Waals surface area contributed by atoms with Crippen LogP contribution in [0.4, 0.5) is 8.78 Å². The number of halogens is 2. The number of hydrogen-bond acceptors (Lipinski definition) is 5. The van der Waals surface area contributed by atoms with Crippen LogP contribution in [0, 0.1) is 0 Å². The number of alkyl halides is 2. The Morgan fingerprint density at radius 2 is 2.07 bits per heavy atom. The summed E-state index contributed by atoms with van der Waals surface area (Å²) in [5.41, 5.74) is 3.82. The van der Waals surface area contributed by atoms with E-state index in [-0.39, 0.29) is 0 Å². The molecule has 0 spiro atoms. The van der Waals surface area contributed by atoms with E-state index in [1.54, 1.807) is 0 Å². The molecule has 0 unspecified atom stereocenters. The predicted octanol–water partition coefficient (Wildman–Crippen LogP) is -0.718. The maximum atomic E-state index is 11.5. The van der Waals surface area contributed by atoms with E-state index in [4.69, 9.17) is 5.73 Å². The molecule has 0 aliphatic heterocycles. The third kappa shape index (κ3) is 4.33. The van der Waals surface area contributed by atoms with Crippen LogP contribution in [-0.2, 0) is 19.2 Å². The van der Waals surface area contributed by atoms with Crippen LogP contribution in [0.5, 0.6) is 0 Å². The van der Waals surface area contributed by atoms with Crippen LogP contribution in [0.15, 0.2) is 5.16 Å². The number of esters is 1. The molecule has 8 heteroatoms. The van der Waals surface area contributed by atoms with Gasteiger partial charge >= 0.3 is 5.97 Å². The second-order valence-electron chi connectivity index (χ2n) is 1.98. The fourth-order valence-electron chi connectivity index (χ4n) is 0.438. The molecular formula is C6H8F2N2O4. The van der Waals surface area contributed by atoms with Gasteiger partial charge in [-0.2, -0.15) is 0 Å². The summed E-state index contributed by atoms with van der Waals surface area (Å²) >= 11 is 0. The van der Waals surface area contributed by atoms with Gasteiger partial charge in [0.15, 0.2) is 6.61 Å². The molecule has 0 aromatic heterocycles. The Bertz CT molecular complexity index is 254. The Hall–Kier alpha value is -1.73. The average Bonchev–Trinajstić information content (AvgIpc) is 2.10. The average molecular weight is 210 g/mol. The van der Waals surface area contributed by atoms with E-state index in [9.17, 15) is 18.4 Å². The van der Waals surface area contributed by atoms with Gasteiger partial charge in [0.1, 0.15) is 0 Å². The van der Waals surface area contributed by atoms with Crippen molar-refractivity contribution >= 4 is 17.6 Å². The zero-order valence-corrected chi connectivity index (χ0v) is 7.20. The monoisotopic (exact) mass is 210 g/mol. The number of amides is 1. The lowest BCUT2D eigenvalue weighted by atomic mass is 10.4. The van der Waals surface area contributed by atoms with Crippen molar-refractivity contribution < 1.29 is 27.9 Å². The number of oxime groups is 1. The summed E-state index contributed by atoms with van der Waals surface area (Å²) in [7, 11) is 0.980. The van der Waals surface area contributed by atoms with Gasteiger partial charge in [-0.25, -0.2) is 13.6 Å². The molecule has 6 nitrogen and oxygen atoms in total. The SMILES string of the molecule is COC(=O)C(=NOCC(F)F)C(N)=O. The van der Waals surface area contributed by atoms with Gasteiger partial charge in [0.05, 0.1) is 7.11 Å². The summed E-state index contributed by atoms with van der Waals surface area (Å²) < 4.78 is 27.2. The number of nitrogens with two attached hydrogens (primary N) is 1. The molecule has 0 radical (unpaired) electrons. The second kappa shape index (κ2) is 5.84. The molecule has 2 N–H and O–H groups in total. The fraction of sp³-hybridized carbons (Fsp3) is 0.500. The Labute approximate surface area is 77.6 Å². The first-order valence-corrected chi connectivity index (χ1v) is 3.35. The lowest BCUT2D eigenvalue weighted by Crippen LogP contribution is -2.32. The Kier molecular flexibility index (Phi) is 5.12. The highest BCUT2D eigenvalue weighted by Crippen LogP contribution is 1.94. The predicted molar refractivity (Wildman–Crippen MR) is 40.6 cm³/mol. The first-order chi connectivity index (χ1) is 6.49. The van der Waals surface area contributed by atoms with Gasteiger partial charge in [0, 0.05) is 0 Å². The van der Waals surface area contributed by atoms with Gasteiger partial charge < -0.3 is 15.3 Å². The summed E-state index contributed by atoms with van der Waals surface area (Å²) in [5, 5.41) is 2.82. The first-order valence-electron chi connectivity index (χ1n) is 3.35. The molecule has 0 saturated carbocycles. The number of methoxy groups -OCH3 is 1. The molecular weight excluding hydrogens is 202 g/mol. The van der Waals surface area contributed by atoms with Crippen LogP contribution in [0.3, 0.4) is 0 Å². The third-order valence-electron chi connectivity index (χ3n) is 0.968. The summed E-state index contributed by atoms with van der Waals surface area (Å²) in [6.07, 6.45) is -2.76. The van der Waals surface area contributed by atoms with Crippen molar-refractivity contribution in [3.8, 4) is 0 Å². The van der Waals surface area contributed by atoms with Gasteiger partial charge in [-0.05, 0) is 0 Å². The maximum absolute atomic E-state index is 11.5. The van der Waals surface area contributed by atoms with E-state index in [1.807, 2.05) is 0 Å². The third-order valence-corrected chi connectivity index (χ3v) is 0.968. The lowest BCUT2D eigenvalue weighted by Gasteiger charge is -2.00. The highest BCUT2D eigenvalue weighted by Gasteiger charge is 2.19. The zero-order chi connectivity index (χ0) is 11.1. The minimum absolute atomic E-state index is 0.867. The van der Waals surface area contributed by atoms with Crippen molar-refractivity contribution in [2.45, 2.75) is 6.43 Å². The van der Waals surface area contributed by atoms with Crippen molar-refractivity contribution in [3.05, 3.63) is 0 Å². The van der Waals surface area contributed by atoms with Gasteiger partial charge in [0.25, 0.3) is 18.0 Å². The smallest absolute Gasteiger partial charge is 0.365 e. The topological polar surface area (TPSA) is 91.0 Å². The van der Waals surface area contributed by atoms with E-state index in [0.29, 0.717) is 0 Å². The van der Waals surface area contributed by atoms with Gasteiger partial charge in [-0.15, -0.1) is 0 Å². The van der Waals surface area contributed by atoms with Gasteiger partial charge in [0.2, 0.25) is 0 Å². The lowest BCUT2D eigenvalue weighted by molar-refractivity contribution is -0.133. The molecule has 14 heavy (non-hydrogen) atoms. The molecule has 0 bridgehead atoms. The number of rotatable bonds is 5. The maximum Gasteiger partial charge on any atom is 0.365 e.